The monoisotopic (exact) mass is 331 g/mol. The van der Waals surface area contributed by atoms with E-state index in [-0.39, 0.29) is 24.6 Å². The lowest BCUT2D eigenvalue weighted by Gasteiger charge is -2.21. The van der Waals surface area contributed by atoms with Gasteiger partial charge in [-0.1, -0.05) is 0 Å². The van der Waals surface area contributed by atoms with Gasteiger partial charge in [-0.25, -0.2) is 0 Å². The van der Waals surface area contributed by atoms with E-state index in [0.717, 1.165) is 24.5 Å². The Morgan fingerprint density at radius 1 is 1.29 bits per heavy atom. The van der Waals surface area contributed by atoms with Gasteiger partial charge in [0, 0.05) is 37.4 Å². The summed E-state index contributed by atoms with van der Waals surface area (Å²) in [5.74, 6) is -0.163. The smallest absolute Gasteiger partial charge is 0.306 e. The van der Waals surface area contributed by atoms with Crippen molar-refractivity contribution < 1.29 is 9.72 Å². The quantitative estimate of drug-likeness (QED) is 0.593. The van der Waals surface area contributed by atoms with E-state index in [1.54, 1.807) is 0 Å². The van der Waals surface area contributed by atoms with Crippen molar-refractivity contribution in [1.82, 2.24) is 9.78 Å². The van der Waals surface area contributed by atoms with Gasteiger partial charge >= 0.3 is 5.69 Å². The molecule has 128 valence electrons. The summed E-state index contributed by atoms with van der Waals surface area (Å²) in [6.45, 7) is 6.34. The molecule has 1 aromatic carbocycles. The summed E-state index contributed by atoms with van der Waals surface area (Å²) in [4.78, 5) is 24.2. The molecule has 0 saturated heterocycles. The molecule has 1 heterocycles. The molecule has 0 fully saturated rings. The lowest BCUT2D eigenvalue weighted by atomic mass is 10.2. The van der Waals surface area contributed by atoms with Crippen molar-refractivity contribution >= 4 is 23.0 Å². The summed E-state index contributed by atoms with van der Waals surface area (Å²) in [5.41, 5.74) is 1.76. The number of benzene rings is 1. The van der Waals surface area contributed by atoms with Crippen LogP contribution < -0.4 is 10.2 Å². The molecule has 8 heteroatoms. The number of aromatic nitrogens is 2. The molecule has 0 spiro atoms. The highest BCUT2D eigenvalue weighted by Gasteiger charge is 2.10. The van der Waals surface area contributed by atoms with Gasteiger partial charge in [-0.2, -0.15) is 5.10 Å². The van der Waals surface area contributed by atoms with Crippen LogP contribution in [0.25, 0.3) is 0 Å². The Balaban J connectivity index is 1.86. The molecule has 1 aromatic heterocycles. The van der Waals surface area contributed by atoms with Gasteiger partial charge in [0.1, 0.15) is 12.4 Å². The van der Waals surface area contributed by atoms with Gasteiger partial charge in [0.15, 0.2) is 0 Å². The van der Waals surface area contributed by atoms with Gasteiger partial charge in [-0.3, -0.25) is 19.6 Å². The summed E-state index contributed by atoms with van der Waals surface area (Å²) in [6, 6.07) is 7.67. The van der Waals surface area contributed by atoms with E-state index in [0.29, 0.717) is 0 Å². The van der Waals surface area contributed by atoms with Crippen LogP contribution in [0.4, 0.5) is 17.1 Å². The second-order valence-electron chi connectivity index (χ2n) is 5.24. The number of aryl methyl sites for hydroxylation is 1. The van der Waals surface area contributed by atoms with Crippen molar-refractivity contribution in [2.24, 2.45) is 0 Å². The van der Waals surface area contributed by atoms with Crippen molar-refractivity contribution in [2.75, 3.05) is 23.3 Å². The lowest BCUT2D eigenvalue weighted by molar-refractivity contribution is -0.385. The molecule has 0 atom stereocenters. The summed E-state index contributed by atoms with van der Waals surface area (Å²) >= 11 is 0. The Morgan fingerprint density at radius 3 is 2.50 bits per heavy atom. The Kier molecular flexibility index (Phi) is 5.89. The minimum absolute atomic E-state index is 0.0811. The van der Waals surface area contributed by atoms with E-state index in [2.05, 4.69) is 29.2 Å². The predicted molar refractivity (Wildman–Crippen MR) is 92.1 cm³/mol. The first-order chi connectivity index (χ1) is 11.5. The molecule has 0 unspecified atom stereocenters. The summed E-state index contributed by atoms with van der Waals surface area (Å²) in [6.07, 6.45) is 2.67. The fourth-order valence-electron chi connectivity index (χ4n) is 2.35. The first-order valence-corrected chi connectivity index (χ1v) is 7.85. The zero-order valence-corrected chi connectivity index (χ0v) is 13.8. The van der Waals surface area contributed by atoms with Crippen molar-refractivity contribution in [3.05, 3.63) is 46.8 Å². The third-order valence-corrected chi connectivity index (χ3v) is 3.68. The standard InChI is InChI=1S/C16H21N5O3/c1-3-19(4-2)14-7-5-13(6-8-14)18-16(22)9-10-20-12-15(11-17-20)21(23)24/h5-8,11-12H,3-4,9-10H2,1-2H3,(H,18,22). The SMILES string of the molecule is CCN(CC)c1ccc(NC(=O)CCn2cc([N+](=O)[O-])cn2)cc1. The Hall–Kier alpha value is -2.90. The number of carbonyl (C=O) groups excluding carboxylic acids is 1. The van der Waals surface area contributed by atoms with Crippen LogP contribution in [0.15, 0.2) is 36.7 Å². The van der Waals surface area contributed by atoms with E-state index in [9.17, 15) is 14.9 Å². The number of nitro groups is 1. The zero-order valence-electron chi connectivity index (χ0n) is 13.8. The van der Waals surface area contributed by atoms with Crippen molar-refractivity contribution in [3.8, 4) is 0 Å². The van der Waals surface area contributed by atoms with Crippen molar-refractivity contribution in [2.45, 2.75) is 26.8 Å². The van der Waals surface area contributed by atoms with Crippen molar-refractivity contribution in [3.63, 3.8) is 0 Å². The molecular weight excluding hydrogens is 310 g/mol. The Morgan fingerprint density at radius 2 is 1.96 bits per heavy atom. The topological polar surface area (TPSA) is 93.3 Å². The Labute approximate surface area is 140 Å². The van der Waals surface area contributed by atoms with Crippen LogP contribution in [0.2, 0.25) is 0 Å². The van der Waals surface area contributed by atoms with E-state index < -0.39 is 4.92 Å². The summed E-state index contributed by atoms with van der Waals surface area (Å²) < 4.78 is 1.39. The van der Waals surface area contributed by atoms with E-state index >= 15 is 0 Å². The minimum atomic E-state index is -0.513. The maximum absolute atomic E-state index is 12.0. The van der Waals surface area contributed by atoms with Crippen LogP contribution in [-0.2, 0) is 11.3 Å². The van der Waals surface area contributed by atoms with E-state index in [4.69, 9.17) is 0 Å². The lowest BCUT2D eigenvalue weighted by Crippen LogP contribution is -2.21. The molecule has 0 aliphatic rings. The molecule has 0 aliphatic carbocycles. The molecule has 1 N–H and O–H groups in total. The molecule has 8 nitrogen and oxygen atoms in total. The molecule has 1 amide bonds. The molecule has 0 saturated carbocycles. The first kappa shape index (κ1) is 17.5. The number of amides is 1. The van der Waals surface area contributed by atoms with Gasteiger partial charge in [0.05, 0.1) is 4.92 Å². The van der Waals surface area contributed by atoms with E-state index in [1.807, 2.05) is 24.3 Å². The third-order valence-electron chi connectivity index (χ3n) is 3.68. The molecule has 0 aliphatic heterocycles. The van der Waals surface area contributed by atoms with Crippen molar-refractivity contribution in [1.29, 1.82) is 0 Å². The largest absolute Gasteiger partial charge is 0.372 e. The van der Waals surface area contributed by atoms with Gasteiger partial charge < -0.3 is 10.2 Å². The van der Waals surface area contributed by atoms with E-state index in [1.165, 1.54) is 17.1 Å². The predicted octanol–water partition coefficient (Wildman–Crippen LogP) is 2.67. The number of hydrogen-bond acceptors (Lipinski definition) is 5. The number of nitrogens with one attached hydrogen (secondary N) is 1. The number of hydrogen-bond donors (Lipinski definition) is 1. The fourth-order valence-corrected chi connectivity index (χ4v) is 2.35. The van der Waals surface area contributed by atoms with Crippen LogP contribution >= 0.6 is 0 Å². The molecule has 0 radical (unpaired) electrons. The maximum Gasteiger partial charge on any atom is 0.306 e. The second kappa shape index (κ2) is 8.09. The van der Waals surface area contributed by atoms with Crippen LogP contribution in [-0.4, -0.2) is 33.7 Å². The highest BCUT2D eigenvalue weighted by molar-refractivity contribution is 5.90. The highest BCUT2D eigenvalue weighted by atomic mass is 16.6. The first-order valence-electron chi connectivity index (χ1n) is 7.85. The van der Waals surface area contributed by atoms with Crippen LogP contribution in [0, 0.1) is 10.1 Å². The molecule has 2 rings (SSSR count). The highest BCUT2D eigenvalue weighted by Crippen LogP contribution is 2.18. The molecule has 0 bridgehead atoms. The van der Waals surface area contributed by atoms with Gasteiger partial charge in [0.2, 0.25) is 5.91 Å². The fraction of sp³-hybridized carbons (Fsp3) is 0.375. The van der Waals surface area contributed by atoms with Gasteiger partial charge in [-0.05, 0) is 38.1 Å². The number of rotatable bonds is 8. The minimum Gasteiger partial charge on any atom is -0.372 e. The number of anilines is 2. The number of carbonyl (C=O) groups is 1. The molecule has 2 aromatic rings. The Bertz CT molecular complexity index is 692. The van der Waals surface area contributed by atoms with Crippen LogP contribution in [0.1, 0.15) is 20.3 Å². The molecular formula is C16H21N5O3. The normalized spacial score (nSPS) is 10.4. The summed E-state index contributed by atoms with van der Waals surface area (Å²) in [7, 11) is 0. The molecule has 24 heavy (non-hydrogen) atoms. The second-order valence-corrected chi connectivity index (χ2v) is 5.24. The van der Waals surface area contributed by atoms with Crippen LogP contribution in [0.3, 0.4) is 0 Å². The van der Waals surface area contributed by atoms with Gasteiger partial charge in [-0.15, -0.1) is 0 Å². The average Bonchev–Trinajstić information content (AvgIpc) is 3.05. The number of nitrogens with zero attached hydrogens (tertiary/aromatic N) is 4. The zero-order chi connectivity index (χ0) is 17.5. The summed E-state index contributed by atoms with van der Waals surface area (Å²) in [5, 5.41) is 17.2. The average molecular weight is 331 g/mol. The maximum atomic E-state index is 12.0. The van der Waals surface area contributed by atoms with Crippen LogP contribution in [0.5, 0.6) is 0 Å². The van der Waals surface area contributed by atoms with Gasteiger partial charge in [0.25, 0.3) is 0 Å². The third kappa shape index (κ3) is 4.55.